The van der Waals surface area contributed by atoms with E-state index in [4.69, 9.17) is 34.8 Å². The standard InChI is InChI=1S/C12H5Cl3FNO2/c13-7-4-8(12(15)9(14)5-7)6-1-2-10(16)11(3-6)17(18)19/h1-5H. The van der Waals surface area contributed by atoms with E-state index in [2.05, 4.69) is 0 Å². The Morgan fingerprint density at radius 1 is 1.11 bits per heavy atom. The smallest absolute Gasteiger partial charge is 0.258 e. The Bertz CT molecular complexity index is 676. The first-order valence-corrected chi connectivity index (χ1v) is 6.12. The maximum absolute atomic E-state index is 13.3. The zero-order valence-corrected chi connectivity index (χ0v) is 11.4. The fourth-order valence-electron chi connectivity index (χ4n) is 1.59. The Balaban J connectivity index is 2.66. The molecule has 3 nitrogen and oxygen atoms in total. The molecule has 2 aromatic carbocycles. The summed E-state index contributed by atoms with van der Waals surface area (Å²) in [5.41, 5.74) is 0.134. The van der Waals surface area contributed by atoms with Crippen LogP contribution in [0.25, 0.3) is 11.1 Å². The van der Waals surface area contributed by atoms with Crippen molar-refractivity contribution in [2.24, 2.45) is 0 Å². The highest BCUT2D eigenvalue weighted by Gasteiger charge is 2.17. The number of nitro benzene ring substituents is 1. The summed E-state index contributed by atoms with van der Waals surface area (Å²) >= 11 is 17.8. The van der Waals surface area contributed by atoms with Crippen LogP contribution < -0.4 is 0 Å². The summed E-state index contributed by atoms with van der Waals surface area (Å²) in [6.45, 7) is 0. The van der Waals surface area contributed by atoms with E-state index in [1.165, 1.54) is 18.2 Å². The minimum Gasteiger partial charge on any atom is -0.258 e. The first-order chi connectivity index (χ1) is 8.90. The molecule has 0 aromatic heterocycles. The molecular formula is C12H5Cl3FNO2. The van der Waals surface area contributed by atoms with Crippen molar-refractivity contribution in [2.75, 3.05) is 0 Å². The van der Waals surface area contributed by atoms with Gasteiger partial charge in [-0.1, -0.05) is 40.9 Å². The van der Waals surface area contributed by atoms with Crippen molar-refractivity contribution in [1.29, 1.82) is 0 Å². The maximum Gasteiger partial charge on any atom is 0.305 e. The average molecular weight is 321 g/mol. The van der Waals surface area contributed by atoms with Gasteiger partial charge in [-0.15, -0.1) is 0 Å². The molecule has 0 bridgehead atoms. The molecule has 7 heteroatoms. The van der Waals surface area contributed by atoms with Crippen LogP contribution in [0.3, 0.4) is 0 Å². The summed E-state index contributed by atoms with van der Waals surface area (Å²) < 4.78 is 13.3. The first-order valence-electron chi connectivity index (χ1n) is 4.99. The SMILES string of the molecule is O=[N+]([O-])c1cc(-c2cc(Cl)cc(Cl)c2Cl)ccc1F. The van der Waals surface area contributed by atoms with Gasteiger partial charge in [0.1, 0.15) is 0 Å². The van der Waals surface area contributed by atoms with Gasteiger partial charge < -0.3 is 0 Å². The summed E-state index contributed by atoms with van der Waals surface area (Å²) in [6.07, 6.45) is 0. The predicted molar refractivity (Wildman–Crippen MR) is 73.5 cm³/mol. The van der Waals surface area contributed by atoms with Crippen molar-refractivity contribution < 1.29 is 9.31 Å². The third kappa shape index (κ3) is 2.81. The maximum atomic E-state index is 13.3. The Hall–Kier alpha value is -1.36. The molecule has 0 spiro atoms. The molecule has 2 rings (SSSR count). The lowest BCUT2D eigenvalue weighted by Crippen LogP contribution is -1.93. The predicted octanol–water partition coefficient (Wildman–Crippen LogP) is 5.36. The number of nitrogens with zero attached hydrogens (tertiary/aromatic N) is 1. The van der Waals surface area contributed by atoms with Crippen LogP contribution in [0.15, 0.2) is 30.3 Å². The summed E-state index contributed by atoms with van der Waals surface area (Å²) in [5.74, 6) is -0.919. The molecular weight excluding hydrogens is 315 g/mol. The van der Waals surface area contributed by atoms with Gasteiger partial charge in [0.15, 0.2) is 0 Å². The van der Waals surface area contributed by atoms with Crippen LogP contribution in [0.4, 0.5) is 10.1 Å². The van der Waals surface area contributed by atoms with Gasteiger partial charge in [0.25, 0.3) is 0 Å². The van der Waals surface area contributed by atoms with E-state index in [1.807, 2.05) is 0 Å². The zero-order chi connectivity index (χ0) is 14.2. The second-order valence-electron chi connectivity index (χ2n) is 3.67. The Morgan fingerprint density at radius 3 is 2.42 bits per heavy atom. The molecule has 0 amide bonds. The van der Waals surface area contributed by atoms with E-state index >= 15 is 0 Å². The monoisotopic (exact) mass is 319 g/mol. The van der Waals surface area contributed by atoms with Crippen LogP contribution in [-0.4, -0.2) is 4.92 Å². The molecule has 0 unspecified atom stereocenters. The quantitative estimate of drug-likeness (QED) is 0.424. The summed E-state index contributed by atoms with van der Waals surface area (Å²) in [5, 5.41) is 11.5. The highest BCUT2D eigenvalue weighted by molar-refractivity contribution is 6.45. The van der Waals surface area contributed by atoms with Gasteiger partial charge in [-0.25, -0.2) is 0 Å². The fraction of sp³-hybridized carbons (Fsp3) is 0. The summed E-state index contributed by atoms with van der Waals surface area (Å²) in [7, 11) is 0. The molecule has 0 heterocycles. The number of hydrogen-bond donors (Lipinski definition) is 0. The minimum atomic E-state index is -0.919. The molecule has 0 atom stereocenters. The molecule has 0 aliphatic rings. The van der Waals surface area contributed by atoms with Gasteiger partial charge >= 0.3 is 5.69 Å². The molecule has 0 radical (unpaired) electrons. The van der Waals surface area contributed by atoms with E-state index < -0.39 is 16.4 Å². The second kappa shape index (κ2) is 5.33. The van der Waals surface area contributed by atoms with E-state index in [0.29, 0.717) is 16.1 Å². The van der Waals surface area contributed by atoms with Crippen LogP contribution in [0.2, 0.25) is 15.1 Å². The lowest BCUT2D eigenvalue weighted by atomic mass is 10.0. The number of hydrogen-bond acceptors (Lipinski definition) is 2. The molecule has 2 aromatic rings. The Morgan fingerprint density at radius 2 is 1.79 bits per heavy atom. The van der Waals surface area contributed by atoms with Crippen molar-refractivity contribution in [3.63, 3.8) is 0 Å². The summed E-state index contributed by atoms with van der Waals surface area (Å²) in [6, 6.07) is 6.41. The highest BCUT2D eigenvalue weighted by atomic mass is 35.5. The van der Waals surface area contributed by atoms with E-state index in [1.54, 1.807) is 0 Å². The van der Waals surface area contributed by atoms with Crippen molar-refractivity contribution in [3.8, 4) is 11.1 Å². The van der Waals surface area contributed by atoms with Gasteiger partial charge in [0, 0.05) is 16.7 Å². The zero-order valence-electron chi connectivity index (χ0n) is 9.16. The van der Waals surface area contributed by atoms with Crippen LogP contribution in [0, 0.1) is 15.9 Å². The molecule has 0 saturated carbocycles. The highest BCUT2D eigenvalue weighted by Crippen LogP contribution is 2.37. The van der Waals surface area contributed by atoms with Crippen molar-refractivity contribution in [2.45, 2.75) is 0 Å². The largest absolute Gasteiger partial charge is 0.305 e. The molecule has 0 aliphatic heterocycles. The van der Waals surface area contributed by atoms with Crippen LogP contribution >= 0.6 is 34.8 Å². The first kappa shape index (κ1) is 14.1. The molecule has 0 aliphatic carbocycles. The lowest BCUT2D eigenvalue weighted by molar-refractivity contribution is -0.387. The number of nitro groups is 1. The fourth-order valence-corrected chi connectivity index (χ4v) is 2.30. The van der Waals surface area contributed by atoms with Crippen LogP contribution in [0.5, 0.6) is 0 Å². The minimum absolute atomic E-state index is 0.201. The van der Waals surface area contributed by atoms with Crippen LogP contribution in [-0.2, 0) is 0 Å². The van der Waals surface area contributed by atoms with E-state index in [9.17, 15) is 14.5 Å². The number of benzene rings is 2. The van der Waals surface area contributed by atoms with Gasteiger partial charge in [0.05, 0.1) is 15.0 Å². The Kier molecular flexibility index (Phi) is 3.94. The summed E-state index contributed by atoms with van der Waals surface area (Å²) in [4.78, 5) is 9.90. The molecule has 0 fully saturated rings. The molecule has 19 heavy (non-hydrogen) atoms. The van der Waals surface area contributed by atoms with E-state index in [-0.39, 0.29) is 10.0 Å². The van der Waals surface area contributed by atoms with Gasteiger partial charge in [0.2, 0.25) is 5.82 Å². The normalized spacial score (nSPS) is 10.5. The van der Waals surface area contributed by atoms with Gasteiger partial charge in [-0.3, -0.25) is 10.1 Å². The molecule has 0 N–H and O–H groups in total. The average Bonchev–Trinajstić information content (AvgIpc) is 2.34. The molecule has 0 saturated heterocycles. The second-order valence-corrected chi connectivity index (χ2v) is 4.89. The van der Waals surface area contributed by atoms with Crippen molar-refractivity contribution in [1.82, 2.24) is 0 Å². The lowest BCUT2D eigenvalue weighted by Gasteiger charge is -2.07. The number of halogens is 4. The Labute approximate surface area is 122 Å². The topological polar surface area (TPSA) is 43.1 Å². The van der Waals surface area contributed by atoms with Gasteiger partial charge in [-0.05, 0) is 23.8 Å². The van der Waals surface area contributed by atoms with E-state index in [0.717, 1.165) is 12.1 Å². The van der Waals surface area contributed by atoms with Crippen LogP contribution in [0.1, 0.15) is 0 Å². The number of rotatable bonds is 2. The molecule has 98 valence electrons. The van der Waals surface area contributed by atoms with Gasteiger partial charge in [-0.2, -0.15) is 4.39 Å². The van der Waals surface area contributed by atoms with Crippen molar-refractivity contribution in [3.05, 3.63) is 61.3 Å². The third-order valence-corrected chi connectivity index (χ3v) is 3.47. The van der Waals surface area contributed by atoms with Crippen molar-refractivity contribution >= 4 is 40.5 Å². The third-order valence-electron chi connectivity index (χ3n) is 2.45.